The molecule has 1 amide bonds. The van der Waals surface area contributed by atoms with Crippen molar-refractivity contribution in [1.82, 2.24) is 4.90 Å². The predicted octanol–water partition coefficient (Wildman–Crippen LogP) is 1.91. The summed E-state index contributed by atoms with van der Waals surface area (Å²) in [5.41, 5.74) is 6.45. The zero-order chi connectivity index (χ0) is 14.3. The van der Waals surface area contributed by atoms with E-state index in [0.29, 0.717) is 6.54 Å². The summed E-state index contributed by atoms with van der Waals surface area (Å²) >= 11 is 0. The maximum atomic E-state index is 11.1. The number of rotatable bonds is 8. The van der Waals surface area contributed by atoms with Gasteiger partial charge in [0.15, 0.2) is 0 Å². The highest BCUT2D eigenvalue weighted by Crippen LogP contribution is 2.14. The number of benzene rings is 1. The van der Waals surface area contributed by atoms with E-state index in [1.54, 1.807) is 12.1 Å². The monoisotopic (exact) mass is 264 g/mol. The third-order valence-electron chi connectivity index (χ3n) is 3.25. The normalized spacial score (nSPS) is 12.6. The fourth-order valence-electron chi connectivity index (χ4n) is 2.12. The van der Waals surface area contributed by atoms with Gasteiger partial charge in [0.1, 0.15) is 5.75 Å². The van der Waals surface area contributed by atoms with Gasteiger partial charge in [0.05, 0.1) is 6.54 Å². The smallest absolute Gasteiger partial charge is 0.231 e. The van der Waals surface area contributed by atoms with E-state index in [1.165, 1.54) is 0 Å². The van der Waals surface area contributed by atoms with Crippen molar-refractivity contribution in [3.8, 4) is 5.75 Å². The molecule has 1 rings (SSSR count). The van der Waals surface area contributed by atoms with Gasteiger partial charge in [0.25, 0.3) is 0 Å². The molecular formula is C15H24N2O2. The van der Waals surface area contributed by atoms with Crippen LogP contribution in [-0.2, 0) is 11.2 Å². The summed E-state index contributed by atoms with van der Waals surface area (Å²) in [4.78, 5) is 13.2. The summed E-state index contributed by atoms with van der Waals surface area (Å²) < 4.78 is 0. The molecule has 106 valence electrons. The minimum absolute atomic E-state index is 0.253. The quantitative estimate of drug-likeness (QED) is 0.753. The van der Waals surface area contributed by atoms with Gasteiger partial charge >= 0.3 is 0 Å². The molecule has 0 saturated heterocycles. The molecule has 0 bridgehead atoms. The molecule has 0 spiro atoms. The molecule has 1 aromatic rings. The van der Waals surface area contributed by atoms with E-state index >= 15 is 0 Å². The van der Waals surface area contributed by atoms with Gasteiger partial charge in [-0.1, -0.05) is 25.5 Å². The van der Waals surface area contributed by atoms with Crippen molar-refractivity contribution >= 4 is 5.91 Å². The molecule has 19 heavy (non-hydrogen) atoms. The molecule has 0 aliphatic carbocycles. The number of amides is 1. The number of nitrogens with zero attached hydrogens (tertiary/aromatic N) is 1. The van der Waals surface area contributed by atoms with E-state index < -0.39 is 0 Å². The molecule has 0 aromatic heterocycles. The van der Waals surface area contributed by atoms with Crippen molar-refractivity contribution < 1.29 is 9.90 Å². The highest BCUT2D eigenvalue weighted by Gasteiger charge is 2.15. The third kappa shape index (κ3) is 5.75. The standard InChI is InChI=1S/C15H24N2O2/c1-3-4-9-17(11-15(16)19)12(2)10-13-5-7-14(18)8-6-13/h5-8,12,18H,3-4,9-11H2,1-2H3,(H2,16,19). The van der Waals surface area contributed by atoms with Crippen LogP contribution in [0.3, 0.4) is 0 Å². The lowest BCUT2D eigenvalue weighted by Gasteiger charge is -2.28. The van der Waals surface area contributed by atoms with Gasteiger partial charge in [-0.05, 0) is 44.0 Å². The highest BCUT2D eigenvalue weighted by molar-refractivity contribution is 5.75. The summed E-state index contributed by atoms with van der Waals surface area (Å²) in [6, 6.07) is 7.45. The molecule has 1 atom stereocenters. The number of nitrogens with two attached hydrogens (primary N) is 1. The number of primary amides is 1. The Kier molecular flexibility index (Phi) is 6.36. The maximum absolute atomic E-state index is 11.1. The molecular weight excluding hydrogens is 240 g/mol. The first-order valence-corrected chi connectivity index (χ1v) is 6.83. The highest BCUT2D eigenvalue weighted by atomic mass is 16.3. The number of phenolic OH excluding ortho intramolecular Hbond substituents is 1. The predicted molar refractivity (Wildman–Crippen MR) is 76.9 cm³/mol. The molecule has 0 aliphatic rings. The summed E-state index contributed by atoms with van der Waals surface area (Å²) in [5.74, 6) is -0.00922. The van der Waals surface area contributed by atoms with Gasteiger partial charge in [-0.25, -0.2) is 0 Å². The van der Waals surface area contributed by atoms with Gasteiger partial charge in [-0.3, -0.25) is 9.69 Å². The van der Waals surface area contributed by atoms with E-state index in [-0.39, 0.29) is 17.7 Å². The molecule has 1 unspecified atom stereocenters. The molecule has 0 heterocycles. The van der Waals surface area contributed by atoms with Gasteiger partial charge in [-0.2, -0.15) is 0 Å². The summed E-state index contributed by atoms with van der Waals surface area (Å²) in [6.45, 7) is 5.43. The van der Waals surface area contributed by atoms with Crippen LogP contribution in [0, 0.1) is 0 Å². The second-order valence-corrected chi connectivity index (χ2v) is 5.01. The zero-order valence-corrected chi connectivity index (χ0v) is 11.8. The van der Waals surface area contributed by atoms with Crippen LogP contribution in [0.2, 0.25) is 0 Å². The van der Waals surface area contributed by atoms with Crippen molar-refractivity contribution in [2.45, 2.75) is 39.2 Å². The number of aromatic hydroxyl groups is 1. The minimum atomic E-state index is -0.284. The summed E-state index contributed by atoms with van der Waals surface area (Å²) in [6.07, 6.45) is 3.01. The van der Waals surface area contributed by atoms with Crippen LogP contribution in [-0.4, -0.2) is 35.0 Å². The number of phenols is 1. The first kappa shape index (κ1) is 15.5. The second kappa shape index (κ2) is 7.79. The maximum Gasteiger partial charge on any atom is 0.231 e. The summed E-state index contributed by atoms with van der Waals surface area (Å²) in [7, 11) is 0. The van der Waals surface area contributed by atoms with Crippen LogP contribution in [0.5, 0.6) is 5.75 Å². The Bertz CT molecular complexity index is 390. The Morgan fingerprint density at radius 1 is 1.37 bits per heavy atom. The topological polar surface area (TPSA) is 66.6 Å². The van der Waals surface area contributed by atoms with E-state index in [2.05, 4.69) is 18.7 Å². The fraction of sp³-hybridized carbons (Fsp3) is 0.533. The van der Waals surface area contributed by atoms with Gasteiger partial charge in [0, 0.05) is 6.04 Å². The largest absolute Gasteiger partial charge is 0.508 e. The number of hydrogen-bond donors (Lipinski definition) is 2. The number of hydrogen-bond acceptors (Lipinski definition) is 3. The van der Waals surface area contributed by atoms with Crippen LogP contribution in [0.25, 0.3) is 0 Å². The minimum Gasteiger partial charge on any atom is -0.508 e. The molecule has 0 radical (unpaired) electrons. The average molecular weight is 264 g/mol. The Morgan fingerprint density at radius 3 is 2.53 bits per heavy atom. The number of carbonyl (C=O) groups excluding carboxylic acids is 1. The zero-order valence-electron chi connectivity index (χ0n) is 11.8. The lowest BCUT2D eigenvalue weighted by Crippen LogP contribution is -2.41. The van der Waals surface area contributed by atoms with Crippen LogP contribution in [0.1, 0.15) is 32.3 Å². The number of carbonyl (C=O) groups is 1. The summed E-state index contributed by atoms with van der Waals surface area (Å²) in [5, 5.41) is 9.26. The first-order valence-electron chi connectivity index (χ1n) is 6.83. The van der Waals surface area contributed by atoms with E-state index in [4.69, 9.17) is 5.73 Å². The Hall–Kier alpha value is -1.55. The molecule has 4 heteroatoms. The van der Waals surface area contributed by atoms with Crippen molar-refractivity contribution in [2.24, 2.45) is 5.73 Å². The Labute approximate surface area is 115 Å². The molecule has 4 nitrogen and oxygen atoms in total. The Morgan fingerprint density at radius 2 is 2.00 bits per heavy atom. The molecule has 3 N–H and O–H groups in total. The second-order valence-electron chi connectivity index (χ2n) is 5.01. The van der Waals surface area contributed by atoms with E-state index in [1.807, 2.05) is 12.1 Å². The average Bonchev–Trinajstić information content (AvgIpc) is 2.36. The Balaban J connectivity index is 2.61. The van der Waals surface area contributed by atoms with Gasteiger partial charge in [0.2, 0.25) is 5.91 Å². The SMILES string of the molecule is CCCCN(CC(N)=O)C(C)Cc1ccc(O)cc1. The third-order valence-corrected chi connectivity index (χ3v) is 3.25. The molecule has 0 saturated carbocycles. The van der Waals surface area contributed by atoms with Gasteiger partial charge in [-0.15, -0.1) is 0 Å². The van der Waals surface area contributed by atoms with Crippen LogP contribution in [0.4, 0.5) is 0 Å². The van der Waals surface area contributed by atoms with Crippen LogP contribution >= 0.6 is 0 Å². The first-order chi connectivity index (χ1) is 9.02. The lowest BCUT2D eigenvalue weighted by molar-refractivity contribution is -0.119. The fourth-order valence-corrected chi connectivity index (χ4v) is 2.12. The van der Waals surface area contributed by atoms with Crippen LogP contribution < -0.4 is 5.73 Å². The van der Waals surface area contributed by atoms with Crippen molar-refractivity contribution in [2.75, 3.05) is 13.1 Å². The van der Waals surface area contributed by atoms with Crippen molar-refractivity contribution in [3.63, 3.8) is 0 Å². The van der Waals surface area contributed by atoms with E-state index in [0.717, 1.165) is 31.4 Å². The van der Waals surface area contributed by atoms with Crippen molar-refractivity contribution in [1.29, 1.82) is 0 Å². The van der Waals surface area contributed by atoms with Crippen molar-refractivity contribution in [3.05, 3.63) is 29.8 Å². The van der Waals surface area contributed by atoms with Crippen LogP contribution in [0.15, 0.2) is 24.3 Å². The lowest BCUT2D eigenvalue weighted by atomic mass is 10.1. The van der Waals surface area contributed by atoms with E-state index in [9.17, 15) is 9.90 Å². The molecule has 0 aliphatic heterocycles. The van der Waals surface area contributed by atoms with Gasteiger partial charge < -0.3 is 10.8 Å². The molecule has 0 fully saturated rings. The number of unbranched alkanes of at least 4 members (excludes halogenated alkanes) is 1. The molecule has 1 aromatic carbocycles.